The van der Waals surface area contributed by atoms with Crippen molar-refractivity contribution in [2.45, 2.75) is 6.42 Å². The third kappa shape index (κ3) is 2.30. The third-order valence-corrected chi connectivity index (χ3v) is 3.55. The lowest BCUT2D eigenvalue weighted by Gasteiger charge is -2.00. The lowest BCUT2D eigenvalue weighted by atomic mass is 10.1. The summed E-state index contributed by atoms with van der Waals surface area (Å²) in [7, 11) is 0. The number of hydrogen-bond acceptors (Lipinski definition) is 1. The van der Waals surface area contributed by atoms with Crippen molar-refractivity contribution in [3.8, 4) is 0 Å². The fourth-order valence-electron chi connectivity index (χ4n) is 1.28. The normalized spacial score (nSPS) is 10.4. The first-order valence-electron chi connectivity index (χ1n) is 4.23. The van der Waals surface area contributed by atoms with E-state index in [-0.39, 0.29) is 0 Å². The SMILES string of the molecule is Clc1ccc(Cc2ccccc2Cl)s1. The van der Waals surface area contributed by atoms with E-state index in [2.05, 4.69) is 0 Å². The van der Waals surface area contributed by atoms with Crippen molar-refractivity contribution < 1.29 is 0 Å². The molecule has 1 heterocycles. The Labute approximate surface area is 97.1 Å². The molecule has 0 radical (unpaired) electrons. The molecular weight excluding hydrogens is 235 g/mol. The molecule has 2 aromatic rings. The standard InChI is InChI=1S/C11H8Cl2S/c12-10-4-2-1-3-8(10)7-9-5-6-11(13)14-9/h1-6H,7H2. The zero-order valence-corrected chi connectivity index (χ0v) is 9.66. The van der Waals surface area contributed by atoms with Gasteiger partial charge in [-0.3, -0.25) is 0 Å². The van der Waals surface area contributed by atoms with Crippen molar-refractivity contribution in [3.05, 3.63) is 56.2 Å². The van der Waals surface area contributed by atoms with Gasteiger partial charge in [-0.25, -0.2) is 0 Å². The largest absolute Gasteiger partial charge is 0.128 e. The van der Waals surface area contributed by atoms with Gasteiger partial charge in [0.05, 0.1) is 4.34 Å². The fraction of sp³-hybridized carbons (Fsp3) is 0.0909. The second kappa shape index (κ2) is 4.35. The molecule has 0 bridgehead atoms. The second-order valence-corrected chi connectivity index (χ2v) is 5.18. The van der Waals surface area contributed by atoms with E-state index in [0.29, 0.717) is 0 Å². The van der Waals surface area contributed by atoms with E-state index in [0.717, 1.165) is 21.3 Å². The molecule has 3 heteroatoms. The molecule has 0 atom stereocenters. The predicted octanol–water partition coefficient (Wildman–Crippen LogP) is 4.65. The van der Waals surface area contributed by atoms with Gasteiger partial charge >= 0.3 is 0 Å². The third-order valence-electron chi connectivity index (χ3n) is 1.95. The van der Waals surface area contributed by atoms with Gasteiger partial charge in [0, 0.05) is 16.3 Å². The summed E-state index contributed by atoms with van der Waals surface area (Å²) in [6.07, 6.45) is 0.858. The summed E-state index contributed by atoms with van der Waals surface area (Å²) in [6, 6.07) is 11.8. The van der Waals surface area contributed by atoms with Crippen LogP contribution in [0.5, 0.6) is 0 Å². The minimum Gasteiger partial charge on any atom is -0.128 e. The molecule has 0 saturated carbocycles. The lowest BCUT2D eigenvalue weighted by molar-refractivity contribution is 1.24. The number of halogens is 2. The van der Waals surface area contributed by atoms with Crippen molar-refractivity contribution in [1.82, 2.24) is 0 Å². The summed E-state index contributed by atoms with van der Waals surface area (Å²) < 4.78 is 0.826. The Bertz CT molecular complexity index is 434. The maximum absolute atomic E-state index is 6.05. The first kappa shape index (κ1) is 10.0. The number of thiophene rings is 1. The van der Waals surface area contributed by atoms with Crippen LogP contribution >= 0.6 is 34.5 Å². The van der Waals surface area contributed by atoms with E-state index < -0.39 is 0 Å². The van der Waals surface area contributed by atoms with Gasteiger partial charge in [-0.05, 0) is 23.8 Å². The van der Waals surface area contributed by atoms with E-state index in [1.807, 2.05) is 36.4 Å². The molecule has 0 fully saturated rings. The zero-order chi connectivity index (χ0) is 9.97. The molecule has 1 aromatic carbocycles. The number of hydrogen-bond donors (Lipinski definition) is 0. The first-order valence-corrected chi connectivity index (χ1v) is 5.80. The highest BCUT2D eigenvalue weighted by atomic mass is 35.5. The zero-order valence-electron chi connectivity index (χ0n) is 7.34. The molecule has 0 aliphatic carbocycles. The molecule has 0 aliphatic heterocycles. The van der Waals surface area contributed by atoms with Crippen molar-refractivity contribution in [2.24, 2.45) is 0 Å². The van der Waals surface area contributed by atoms with Crippen LogP contribution in [0.4, 0.5) is 0 Å². The molecule has 0 nitrogen and oxygen atoms in total. The topological polar surface area (TPSA) is 0 Å². The molecular formula is C11H8Cl2S. The fourth-order valence-corrected chi connectivity index (χ4v) is 2.59. The molecule has 14 heavy (non-hydrogen) atoms. The summed E-state index contributed by atoms with van der Waals surface area (Å²) in [6.45, 7) is 0. The Balaban J connectivity index is 2.23. The van der Waals surface area contributed by atoms with Gasteiger partial charge in [0.2, 0.25) is 0 Å². The average molecular weight is 243 g/mol. The Morgan fingerprint density at radius 1 is 1.00 bits per heavy atom. The van der Waals surface area contributed by atoms with Gasteiger partial charge in [0.1, 0.15) is 0 Å². The van der Waals surface area contributed by atoms with Gasteiger partial charge < -0.3 is 0 Å². The number of benzene rings is 1. The minimum absolute atomic E-state index is 0.817. The van der Waals surface area contributed by atoms with E-state index >= 15 is 0 Å². The van der Waals surface area contributed by atoms with Gasteiger partial charge in [-0.15, -0.1) is 11.3 Å². The van der Waals surface area contributed by atoms with Crippen molar-refractivity contribution in [1.29, 1.82) is 0 Å². The van der Waals surface area contributed by atoms with Gasteiger partial charge in [-0.1, -0.05) is 41.4 Å². The van der Waals surface area contributed by atoms with Crippen LogP contribution < -0.4 is 0 Å². The lowest BCUT2D eigenvalue weighted by Crippen LogP contribution is -1.84. The van der Waals surface area contributed by atoms with Crippen molar-refractivity contribution in [2.75, 3.05) is 0 Å². The summed E-state index contributed by atoms with van der Waals surface area (Å²) in [5.41, 5.74) is 1.15. The first-order chi connectivity index (χ1) is 6.75. The highest BCUT2D eigenvalue weighted by Crippen LogP contribution is 2.26. The Morgan fingerprint density at radius 2 is 1.79 bits per heavy atom. The summed E-state index contributed by atoms with van der Waals surface area (Å²) in [5.74, 6) is 0. The highest BCUT2D eigenvalue weighted by Gasteiger charge is 2.02. The average Bonchev–Trinajstić information content (AvgIpc) is 2.56. The van der Waals surface area contributed by atoms with Crippen LogP contribution in [-0.4, -0.2) is 0 Å². The summed E-state index contributed by atoms with van der Waals surface area (Å²) in [4.78, 5) is 1.24. The molecule has 2 rings (SSSR count). The van der Waals surface area contributed by atoms with Crippen LogP contribution in [0.2, 0.25) is 9.36 Å². The van der Waals surface area contributed by atoms with Crippen molar-refractivity contribution in [3.63, 3.8) is 0 Å². The quantitative estimate of drug-likeness (QED) is 0.720. The van der Waals surface area contributed by atoms with Crippen LogP contribution in [0.3, 0.4) is 0 Å². The van der Waals surface area contributed by atoms with Crippen LogP contribution in [0.25, 0.3) is 0 Å². The molecule has 0 saturated heterocycles. The van der Waals surface area contributed by atoms with E-state index in [9.17, 15) is 0 Å². The predicted molar refractivity (Wildman–Crippen MR) is 63.6 cm³/mol. The summed E-state index contributed by atoms with van der Waals surface area (Å²) >= 11 is 13.5. The molecule has 0 spiro atoms. The Kier molecular flexibility index (Phi) is 3.12. The Morgan fingerprint density at radius 3 is 2.43 bits per heavy atom. The highest BCUT2D eigenvalue weighted by molar-refractivity contribution is 7.16. The molecule has 0 aliphatic rings. The van der Waals surface area contributed by atoms with Gasteiger partial charge in [0.25, 0.3) is 0 Å². The van der Waals surface area contributed by atoms with Gasteiger partial charge in [0.15, 0.2) is 0 Å². The molecule has 0 unspecified atom stereocenters. The van der Waals surface area contributed by atoms with E-state index in [1.54, 1.807) is 11.3 Å². The monoisotopic (exact) mass is 242 g/mol. The van der Waals surface area contributed by atoms with E-state index in [1.165, 1.54) is 4.88 Å². The maximum atomic E-state index is 6.05. The second-order valence-electron chi connectivity index (χ2n) is 2.97. The maximum Gasteiger partial charge on any atom is 0.0931 e. The van der Waals surface area contributed by atoms with Crippen LogP contribution in [0.1, 0.15) is 10.4 Å². The molecule has 1 aromatic heterocycles. The van der Waals surface area contributed by atoms with Gasteiger partial charge in [-0.2, -0.15) is 0 Å². The number of rotatable bonds is 2. The Hall–Kier alpha value is -0.500. The smallest absolute Gasteiger partial charge is 0.0931 e. The van der Waals surface area contributed by atoms with Crippen LogP contribution in [0, 0.1) is 0 Å². The van der Waals surface area contributed by atoms with Crippen LogP contribution in [-0.2, 0) is 6.42 Å². The minimum atomic E-state index is 0.817. The molecule has 72 valence electrons. The van der Waals surface area contributed by atoms with Crippen molar-refractivity contribution >= 4 is 34.5 Å². The molecule has 0 amide bonds. The van der Waals surface area contributed by atoms with E-state index in [4.69, 9.17) is 23.2 Å². The summed E-state index contributed by atoms with van der Waals surface area (Å²) in [5, 5.41) is 0.817. The molecule has 0 N–H and O–H groups in total. The van der Waals surface area contributed by atoms with Crippen LogP contribution in [0.15, 0.2) is 36.4 Å².